The van der Waals surface area contributed by atoms with Gasteiger partial charge in [-0.1, -0.05) is 0 Å². The number of rotatable bonds is 0. The molecule has 0 aliphatic heterocycles. The zero-order chi connectivity index (χ0) is 4.71. The second kappa shape index (κ2) is 35.9. The van der Waals surface area contributed by atoms with E-state index in [9.17, 15) is 0 Å². The van der Waals surface area contributed by atoms with E-state index in [0.29, 0.717) is 16.2 Å². The first-order valence-electron chi connectivity index (χ1n) is 1.15. The average Bonchev–Trinajstić information content (AvgIpc) is 1.46. The normalized spacial score (nSPS) is 3.20. The van der Waals surface area contributed by atoms with E-state index in [1.165, 1.54) is 6.21 Å². The molecule has 0 aromatic carbocycles. The molecule has 0 aromatic rings. The molecule has 0 heterocycles. The van der Waals surface area contributed by atoms with E-state index in [0.717, 1.165) is 0 Å². The van der Waals surface area contributed by atoms with Crippen LogP contribution < -0.4 is 0 Å². The Morgan fingerprint density at radius 3 is 1.80 bits per heavy atom. The Morgan fingerprint density at radius 1 is 1.80 bits per heavy atom. The first kappa shape index (κ1) is 8.89. The van der Waals surface area contributed by atoms with Crippen molar-refractivity contribution in [1.82, 2.24) is 0 Å². The molecule has 28 valence electrons. The van der Waals surface area contributed by atoms with E-state index in [-0.39, 0.29) is 0 Å². The van der Waals surface area contributed by atoms with Crippen molar-refractivity contribution in [3.8, 4) is 0 Å². The summed E-state index contributed by atoms with van der Waals surface area (Å²) in [6, 6.07) is 0. The Labute approximate surface area is 39.3 Å². The predicted molar refractivity (Wildman–Crippen MR) is 22.3 cm³/mol. The van der Waals surface area contributed by atoms with Gasteiger partial charge in [-0.3, -0.25) is 0 Å². The number of hydrogen-bond donors (Lipinski definition) is 1. The molecule has 0 saturated carbocycles. The maximum absolute atomic E-state index is 8.28. The molecule has 0 atom stereocenters. The molecule has 0 amide bonds. The predicted octanol–water partition coefficient (Wildman–Crippen LogP) is -0.111. The third-order valence-corrected chi connectivity index (χ3v) is 0. The van der Waals surface area contributed by atoms with Crippen LogP contribution >= 0.6 is 0 Å². The molecule has 1 N–H and O–H groups in total. The fourth-order valence-corrected chi connectivity index (χ4v) is 0. The van der Waals surface area contributed by atoms with E-state index < -0.39 is 0 Å². The molecule has 0 rings (SSSR count). The third kappa shape index (κ3) is 2640000. The molecule has 0 aliphatic carbocycles. The first-order valence-corrected chi connectivity index (χ1v) is 1.73. The Bertz CT molecular complexity index is 23.6. The Kier molecular flexibility index (Phi) is 63.8. The van der Waals surface area contributed by atoms with Crippen molar-refractivity contribution in [1.29, 1.82) is 5.41 Å². The van der Waals surface area contributed by atoms with Crippen LogP contribution in [-0.4, -0.2) is 22.4 Å². The summed E-state index contributed by atoms with van der Waals surface area (Å²) in [7, 11) is 0. The molecule has 0 aliphatic rings. The summed E-state index contributed by atoms with van der Waals surface area (Å²) in [6.07, 6.45) is 1.25. The fourth-order valence-electron chi connectivity index (χ4n) is 0. The van der Waals surface area contributed by atoms with Gasteiger partial charge in [0.1, 0.15) is 0 Å². The summed E-state index contributed by atoms with van der Waals surface area (Å²) in [4.78, 5) is 0. The van der Waals surface area contributed by atoms with Crippen molar-refractivity contribution in [2.45, 2.75) is 6.92 Å². The van der Waals surface area contributed by atoms with Crippen LogP contribution in [-0.2, 0) is 3.80 Å². The van der Waals surface area contributed by atoms with Gasteiger partial charge < -0.3 is 5.41 Å². The zero-order valence-corrected chi connectivity index (χ0v) is 4.61. The van der Waals surface area contributed by atoms with Gasteiger partial charge in [-0.05, 0) is 13.1 Å². The Hall–Kier alpha value is 0.00247. The van der Waals surface area contributed by atoms with Gasteiger partial charge in [0.25, 0.3) is 0 Å². The monoisotopic (exact) mass is 87.0 g/mol. The molecular formula is C2H6AlNO. The number of nitrogens with one attached hydrogen (secondary N) is 1. The Morgan fingerprint density at radius 2 is 1.80 bits per heavy atom. The minimum atomic E-state index is 0.611. The summed E-state index contributed by atoms with van der Waals surface area (Å²) in [5.74, 6) is 0. The van der Waals surface area contributed by atoms with Gasteiger partial charge in [-0.25, -0.2) is 0 Å². The summed E-state index contributed by atoms with van der Waals surface area (Å²) >= 11 is 0.611. The van der Waals surface area contributed by atoms with Crippen LogP contribution in [0.2, 0.25) is 0 Å². The van der Waals surface area contributed by atoms with Crippen LogP contribution in [0.1, 0.15) is 6.92 Å². The van der Waals surface area contributed by atoms with Crippen LogP contribution in [0.15, 0.2) is 0 Å². The topological polar surface area (TPSA) is 40.9 Å². The quantitative estimate of drug-likeness (QED) is 0.325. The molecule has 0 unspecified atom stereocenters. The summed E-state index contributed by atoms with van der Waals surface area (Å²) in [5, 5.41) is 6.08. The van der Waals surface area contributed by atoms with Crippen molar-refractivity contribution in [2.75, 3.05) is 0 Å². The van der Waals surface area contributed by atoms with Gasteiger partial charge in [0.05, 0.1) is 0 Å². The average molecular weight is 87.1 g/mol. The zero-order valence-electron chi connectivity index (χ0n) is 3.19. The van der Waals surface area contributed by atoms with Crippen LogP contribution in [0.4, 0.5) is 0 Å². The van der Waals surface area contributed by atoms with Gasteiger partial charge in [0.15, 0.2) is 0 Å². The van der Waals surface area contributed by atoms with Gasteiger partial charge >= 0.3 is 20.0 Å². The van der Waals surface area contributed by atoms with Crippen LogP contribution in [0.5, 0.6) is 0 Å². The molecule has 0 fully saturated rings. The fraction of sp³-hybridized carbons (Fsp3) is 0.500. The molecule has 0 aromatic heterocycles. The number of hydrogen-bond acceptors (Lipinski definition) is 2. The van der Waals surface area contributed by atoms with E-state index >= 15 is 0 Å². The second-order valence-corrected chi connectivity index (χ2v) is 0.289. The van der Waals surface area contributed by atoms with Crippen LogP contribution in [0.25, 0.3) is 0 Å². The minimum absolute atomic E-state index is 0.611. The van der Waals surface area contributed by atoms with E-state index in [2.05, 4.69) is 0 Å². The van der Waals surface area contributed by atoms with Gasteiger partial charge in [0.2, 0.25) is 0 Å². The summed E-state index contributed by atoms with van der Waals surface area (Å²) < 4.78 is 8.28. The SMILES string of the molecule is CC=N.[O]=[AlH]. The van der Waals surface area contributed by atoms with Gasteiger partial charge in [-0.2, -0.15) is 0 Å². The molecule has 2 nitrogen and oxygen atoms in total. The molecule has 3 heteroatoms. The molecule has 5 heavy (non-hydrogen) atoms. The molecule has 0 spiro atoms. The van der Waals surface area contributed by atoms with Crippen molar-refractivity contribution in [3.63, 3.8) is 0 Å². The van der Waals surface area contributed by atoms with Crippen LogP contribution in [0, 0.1) is 5.41 Å². The van der Waals surface area contributed by atoms with Crippen molar-refractivity contribution in [3.05, 3.63) is 0 Å². The van der Waals surface area contributed by atoms with Crippen molar-refractivity contribution >= 4 is 22.4 Å². The van der Waals surface area contributed by atoms with Gasteiger partial charge in [0, 0.05) is 0 Å². The molecule has 0 radical (unpaired) electrons. The standard InChI is InChI=1S/C2H5N.Al.O.H/c1-2-3;;;/h2-3H,1H3;;;. The van der Waals surface area contributed by atoms with E-state index in [4.69, 9.17) is 9.21 Å². The molecule has 0 saturated heterocycles. The first-order chi connectivity index (χ1) is 2.41. The van der Waals surface area contributed by atoms with Crippen molar-refractivity contribution in [2.24, 2.45) is 0 Å². The van der Waals surface area contributed by atoms with E-state index in [1.54, 1.807) is 6.92 Å². The summed E-state index contributed by atoms with van der Waals surface area (Å²) in [5.41, 5.74) is 0. The Balaban J connectivity index is 0. The van der Waals surface area contributed by atoms with Crippen LogP contribution in [0.3, 0.4) is 0 Å². The van der Waals surface area contributed by atoms with Crippen molar-refractivity contribution < 1.29 is 3.80 Å². The second-order valence-electron chi connectivity index (χ2n) is 0.289. The van der Waals surface area contributed by atoms with E-state index in [1.807, 2.05) is 0 Å². The summed E-state index contributed by atoms with van der Waals surface area (Å²) in [6.45, 7) is 1.67. The van der Waals surface area contributed by atoms with Gasteiger partial charge in [-0.15, -0.1) is 0 Å². The maximum atomic E-state index is 8.28. The molecular weight excluding hydrogens is 81.0 g/mol. The third-order valence-electron chi connectivity index (χ3n) is 0. The molecule has 0 bridgehead atoms.